The van der Waals surface area contributed by atoms with Crippen LogP contribution in [0, 0.1) is 25.2 Å². The number of benzene rings is 1. The van der Waals surface area contributed by atoms with Crippen LogP contribution in [0.25, 0.3) is 0 Å². The lowest BCUT2D eigenvalue weighted by atomic mass is 10.1. The molecule has 1 aliphatic heterocycles. The average Bonchev–Trinajstić information content (AvgIpc) is 3.54. The summed E-state index contributed by atoms with van der Waals surface area (Å²) < 4.78 is 2.25. The van der Waals surface area contributed by atoms with Gasteiger partial charge in [-0.25, -0.2) is 0 Å². The Balaban J connectivity index is 1.49. The zero-order valence-electron chi connectivity index (χ0n) is 18.4. The molecule has 2 heterocycles. The summed E-state index contributed by atoms with van der Waals surface area (Å²) in [5.41, 5.74) is 3.18. The summed E-state index contributed by atoms with van der Waals surface area (Å²) >= 11 is 1.46. The number of thioether (sulfide) groups is 1. The Morgan fingerprint density at radius 2 is 1.97 bits per heavy atom. The summed E-state index contributed by atoms with van der Waals surface area (Å²) in [4.78, 5) is 17.2. The van der Waals surface area contributed by atoms with Crippen LogP contribution in [0.5, 0.6) is 0 Å². The predicted octanol–water partition coefficient (Wildman–Crippen LogP) is 4.26. The fourth-order valence-corrected chi connectivity index (χ4v) is 4.86. The second kappa shape index (κ2) is 9.73. The summed E-state index contributed by atoms with van der Waals surface area (Å²) in [5.74, 6) is 1.24. The molecule has 1 aromatic carbocycles. The van der Waals surface area contributed by atoms with Crippen molar-refractivity contribution in [3.8, 4) is 6.07 Å². The molecule has 1 aromatic heterocycles. The lowest BCUT2D eigenvalue weighted by Crippen LogP contribution is -2.33. The number of aryl methyl sites for hydroxylation is 2. The topological polar surface area (TPSA) is 78.0 Å². The van der Waals surface area contributed by atoms with Gasteiger partial charge in [0, 0.05) is 31.4 Å². The van der Waals surface area contributed by atoms with Gasteiger partial charge in [-0.2, -0.15) is 5.26 Å². The molecule has 1 saturated heterocycles. The number of rotatable bonds is 8. The van der Waals surface area contributed by atoms with Gasteiger partial charge in [-0.3, -0.25) is 9.36 Å². The van der Waals surface area contributed by atoms with Crippen LogP contribution in [0.2, 0.25) is 0 Å². The van der Waals surface area contributed by atoms with Gasteiger partial charge < -0.3 is 9.80 Å². The van der Waals surface area contributed by atoms with E-state index in [-0.39, 0.29) is 11.7 Å². The summed E-state index contributed by atoms with van der Waals surface area (Å²) in [6, 6.07) is 8.63. The fraction of sp³-hybridized carbons (Fsp3) is 0.565. The maximum atomic E-state index is 13.2. The van der Waals surface area contributed by atoms with Gasteiger partial charge in [0.15, 0.2) is 5.16 Å². The third-order valence-corrected chi connectivity index (χ3v) is 7.00. The highest BCUT2D eigenvalue weighted by Crippen LogP contribution is 2.41. The van der Waals surface area contributed by atoms with Gasteiger partial charge in [0.05, 0.1) is 18.2 Å². The van der Waals surface area contributed by atoms with Crippen molar-refractivity contribution in [2.45, 2.75) is 63.6 Å². The number of carbonyl (C=O) groups excluding carboxylic acids is 1. The smallest absolute Gasteiger partial charge is 0.237 e. The molecule has 0 bridgehead atoms. The number of amides is 1. The minimum absolute atomic E-state index is 0.00614. The molecule has 7 nitrogen and oxygen atoms in total. The Kier molecular flexibility index (Phi) is 6.81. The monoisotopic (exact) mass is 438 g/mol. The normalized spacial score (nSPS) is 16.2. The minimum Gasteiger partial charge on any atom is -0.341 e. The Morgan fingerprint density at radius 1 is 1.19 bits per heavy atom. The lowest BCUT2D eigenvalue weighted by Gasteiger charge is -2.28. The molecule has 0 N–H and O–H groups in total. The van der Waals surface area contributed by atoms with Crippen LogP contribution in [0.1, 0.15) is 55.7 Å². The molecule has 0 radical (unpaired) electrons. The Bertz CT molecular complexity index is 971. The number of piperidine rings is 1. The molecule has 0 atom stereocenters. The molecule has 8 heteroatoms. The van der Waals surface area contributed by atoms with Crippen LogP contribution in [0.4, 0.5) is 11.6 Å². The summed E-state index contributed by atoms with van der Waals surface area (Å²) in [7, 11) is 0. The number of hydrogen-bond acceptors (Lipinski definition) is 6. The van der Waals surface area contributed by atoms with E-state index in [9.17, 15) is 4.79 Å². The van der Waals surface area contributed by atoms with Crippen molar-refractivity contribution in [2.75, 3.05) is 35.2 Å². The summed E-state index contributed by atoms with van der Waals surface area (Å²) in [5, 5.41) is 18.9. The van der Waals surface area contributed by atoms with Crippen molar-refractivity contribution >= 4 is 29.3 Å². The maximum Gasteiger partial charge on any atom is 0.237 e. The zero-order valence-corrected chi connectivity index (χ0v) is 19.2. The number of nitriles is 1. The second-order valence-electron chi connectivity index (χ2n) is 8.44. The number of hydrogen-bond donors (Lipinski definition) is 0. The molecule has 2 fully saturated rings. The molecule has 1 amide bonds. The van der Waals surface area contributed by atoms with Crippen molar-refractivity contribution in [1.29, 1.82) is 5.26 Å². The van der Waals surface area contributed by atoms with E-state index < -0.39 is 0 Å². The summed E-state index contributed by atoms with van der Waals surface area (Å²) in [6.07, 6.45) is 6.28. The molecule has 2 aliphatic rings. The van der Waals surface area contributed by atoms with E-state index in [0.717, 1.165) is 48.3 Å². The molecule has 164 valence electrons. The van der Waals surface area contributed by atoms with Gasteiger partial charge in [0.2, 0.25) is 11.9 Å². The van der Waals surface area contributed by atoms with Crippen LogP contribution in [-0.2, 0) is 4.79 Å². The average molecular weight is 439 g/mol. The minimum atomic E-state index is -0.00614. The van der Waals surface area contributed by atoms with Crippen LogP contribution in [-0.4, -0.2) is 46.1 Å². The second-order valence-corrected chi connectivity index (χ2v) is 9.38. The Labute approximate surface area is 188 Å². The van der Waals surface area contributed by atoms with Crippen LogP contribution < -0.4 is 9.80 Å². The zero-order chi connectivity index (χ0) is 21.8. The molecule has 31 heavy (non-hydrogen) atoms. The summed E-state index contributed by atoms with van der Waals surface area (Å²) in [6.45, 7) is 6.56. The fourth-order valence-electron chi connectivity index (χ4n) is 3.99. The van der Waals surface area contributed by atoms with Gasteiger partial charge in [-0.1, -0.05) is 17.8 Å². The first-order chi connectivity index (χ1) is 15.1. The number of nitrogens with zero attached hydrogens (tertiary/aromatic N) is 6. The molecule has 1 saturated carbocycles. The lowest BCUT2D eigenvalue weighted by molar-refractivity contribution is -0.116. The maximum absolute atomic E-state index is 13.2. The van der Waals surface area contributed by atoms with Crippen LogP contribution in [0.15, 0.2) is 23.4 Å². The van der Waals surface area contributed by atoms with E-state index in [4.69, 9.17) is 5.26 Å². The molecule has 1 aliphatic carbocycles. The first-order valence-corrected chi connectivity index (χ1v) is 12.1. The van der Waals surface area contributed by atoms with E-state index in [0.29, 0.717) is 19.0 Å². The van der Waals surface area contributed by atoms with E-state index in [1.54, 1.807) is 4.90 Å². The van der Waals surface area contributed by atoms with Gasteiger partial charge in [0.1, 0.15) is 0 Å². The van der Waals surface area contributed by atoms with E-state index in [1.807, 2.05) is 25.1 Å². The van der Waals surface area contributed by atoms with Gasteiger partial charge in [0.25, 0.3) is 0 Å². The number of carbonyl (C=O) groups is 1. The number of aromatic nitrogens is 3. The van der Waals surface area contributed by atoms with E-state index in [2.05, 4.69) is 32.7 Å². The van der Waals surface area contributed by atoms with Gasteiger partial charge >= 0.3 is 0 Å². The molecule has 2 aromatic rings. The first-order valence-electron chi connectivity index (χ1n) is 11.2. The molecular weight excluding hydrogens is 408 g/mol. The van der Waals surface area contributed by atoms with E-state index >= 15 is 0 Å². The van der Waals surface area contributed by atoms with Crippen LogP contribution in [0.3, 0.4) is 0 Å². The molecule has 0 spiro atoms. The molecule has 4 rings (SSSR count). The molecular formula is C23H30N6OS. The van der Waals surface area contributed by atoms with Crippen molar-refractivity contribution in [2.24, 2.45) is 0 Å². The highest BCUT2D eigenvalue weighted by molar-refractivity contribution is 7.99. The standard InChI is InChI=1S/C23H30N6OS/c1-17-7-8-20(15-18(17)2)28(14-6-11-24)21(30)16-31-23-26-25-22(29(23)19-9-10-19)27-12-4-3-5-13-27/h7-8,15,19H,3-6,9-10,12-14,16H2,1-2H3. The highest BCUT2D eigenvalue weighted by Gasteiger charge is 2.32. The number of anilines is 2. The van der Waals surface area contributed by atoms with Crippen molar-refractivity contribution in [3.63, 3.8) is 0 Å². The van der Waals surface area contributed by atoms with Crippen LogP contribution >= 0.6 is 11.8 Å². The largest absolute Gasteiger partial charge is 0.341 e. The van der Waals surface area contributed by atoms with Gasteiger partial charge in [-0.05, 0) is 69.2 Å². The van der Waals surface area contributed by atoms with Gasteiger partial charge in [-0.15, -0.1) is 10.2 Å². The Morgan fingerprint density at radius 3 is 2.65 bits per heavy atom. The third-order valence-electron chi connectivity index (χ3n) is 6.07. The highest BCUT2D eigenvalue weighted by atomic mass is 32.2. The van der Waals surface area contributed by atoms with Crippen molar-refractivity contribution in [3.05, 3.63) is 29.3 Å². The SMILES string of the molecule is Cc1ccc(N(CCC#N)C(=O)CSc2nnc(N3CCCCC3)n2C2CC2)cc1C. The third kappa shape index (κ3) is 5.04. The Hall–Kier alpha value is -2.53. The predicted molar refractivity (Wildman–Crippen MR) is 124 cm³/mol. The van der Waals surface area contributed by atoms with Crippen molar-refractivity contribution < 1.29 is 4.79 Å². The first kappa shape index (κ1) is 21.7. The van der Waals surface area contributed by atoms with E-state index in [1.165, 1.54) is 36.6 Å². The van der Waals surface area contributed by atoms with Crippen molar-refractivity contribution in [1.82, 2.24) is 14.8 Å². The molecule has 0 unspecified atom stereocenters. The quantitative estimate of drug-likeness (QED) is 0.573.